The fourth-order valence-corrected chi connectivity index (χ4v) is 6.15. The number of rotatable bonds is 6. The predicted molar refractivity (Wildman–Crippen MR) is 148 cm³/mol. The molecule has 3 aromatic rings. The number of piperidine rings is 1. The molecule has 1 fully saturated rings. The molecule has 0 spiro atoms. The van der Waals surface area contributed by atoms with Gasteiger partial charge in [0.15, 0.2) is 0 Å². The first-order valence-electron chi connectivity index (χ1n) is 11.9. The number of hydrogen-bond acceptors (Lipinski definition) is 7. The number of likely N-dealkylation sites (tertiary alicyclic amines) is 1. The van der Waals surface area contributed by atoms with E-state index in [-0.39, 0.29) is 5.91 Å². The summed E-state index contributed by atoms with van der Waals surface area (Å²) in [6, 6.07) is 14.2. The largest absolute Gasteiger partial charge is 0.324 e. The Morgan fingerprint density at radius 1 is 1.14 bits per heavy atom. The first-order valence-corrected chi connectivity index (χ1v) is 13.6. The van der Waals surface area contributed by atoms with Crippen molar-refractivity contribution in [2.24, 2.45) is 0 Å². The molecular formula is C26H28Cl2N6OS. The molecule has 1 atom stereocenters. The summed E-state index contributed by atoms with van der Waals surface area (Å²) in [4.78, 5) is 28.5. The third-order valence-electron chi connectivity index (χ3n) is 6.59. The summed E-state index contributed by atoms with van der Waals surface area (Å²) in [7, 11) is 4.33. The molecule has 0 aliphatic carbocycles. The fourth-order valence-electron chi connectivity index (χ4n) is 4.60. The minimum absolute atomic E-state index is 0.219. The van der Waals surface area contributed by atoms with Gasteiger partial charge in [0.2, 0.25) is 5.95 Å². The smallest absolute Gasteiger partial charge is 0.263 e. The number of hydrogen-bond donors (Lipinski definition) is 1. The van der Waals surface area contributed by atoms with Crippen molar-refractivity contribution in [1.29, 1.82) is 0 Å². The topological polar surface area (TPSA) is 64.6 Å². The number of para-hydroxylation sites is 1. The van der Waals surface area contributed by atoms with E-state index >= 15 is 0 Å². The molecule has 1 amide bonds. The number of aromatic nitrogens is 2. The lowest BCUT2D eigenvalue weighted by Gasteiger charge is -2.36. The van der Waals surface area contributed by atoms with Crippen molar-refractivity contribution in [3.63, 3.8) is 0 Å². The average Bonchev–Trinajstić information content (AvgIpc) is 2.86. The van der Waals surface area contributed by atoms with Gasteiger partial charge in [0.05, 0.1) is 27.2 Å². The summed E-state index contributed by atoms with van der Waals surface area (Å²) in [6.45, 7) is 3.20. The zero-order valence-corrected chi connectivity index (χ0v) is 22.6. The van der Waals surface area contributed by atoms with Crippen molar-refractivity contribution in [3.8, 4) is 0 Å². The van der Waals surface area contributed by atoms with Crippen LogP contribution >= 0.6 is 35.0 Å². The van der Waals surface area contributed by atoms with Crippen LogP contribution in [-0.2, 0) is 6.54 Å². The Hall–Kier alpha value is -2.36. The number of anilines is 3. The van der Waals surface area contributed by atoms with Gasteiger partial charge in [-0.15, -0.1) is 0 Å². The lowest BCUT2D eigenvalue weighted by atomic mass is 10.0. The molecule has 0 bridgehead atoms. The van der Waals surface area contributed by atoms with Gasteiger partial charge >= 0.3 is 0 Å². The Kier molecular flexibility index (Phi) is 7.69. The molecule has 1 aromatic heterocycles. The maximum Gasteiger partial charge on any atom is 0.263 e. The molecule has 1 unspecified atom stereocenters. The maximum absolute atomic E-state index is 13.1. The van der Waals surface area contributed by atoms with Gasteiger partial charge in [0.25, 0.3) is 5.91 Å². The van der Waals surface area contributed by atoms with Crippen LogP contribution in [0.4, 0.5) is 17.3 Å². The summed E-state index contributed by atoms with van der Waals surface area (Å²) < 4.78 is 0. The van der Waals surface area contributed by atoms with Gasteiger partial charge in [-0.05, 0) is 63.3 Å². The summed E-state index contributed by atoms with van der Waals surface area (Å²) in [5, 5.41) is 4.76. The molecule has 3 heterocycles. The number of fused-ring (bicyclic) bond motifs is 1. The molecule has 10 heteroatoms. The molecule has 1 saturated heterocycles. The van der Waals surface area contributed by atoms with Crippen LogP contribution in [0.5, 0.6) is 0 Å². The summed E-state index contributed by atoms with van der Waals surface area (Å²) >= 11 is 14.1. The molecule has 2 aromatic carbocycles. The number of benzene rings is 2. The first kappa shape index (κ1) is 25.3. The van der Waals surface area contributed by atoms with Crippen molar-refractivity contribution >= 4 is 58.2 Å². The van der Waals surface area contributed by atoms with Gasteiger partial charge in [-0.3, -0.25) is 14.6 Å². The summed E-state index contributed by atoms with van der Waals surface area (Å²) in [5.41, 5.74) is 3.12. The van der Waals surface area contributed by atoms with E-state index in [9.17, 15) is 4.79 Å². The van der Waals surface area contributed by atoms with Crippen LogP contribution in [0, 0.1) is 0 Å². The molecule has 2 aliphatic heterocycles. The van der Waals surface area contributed by atoms with E-state index < -0.39 is 0 Å². The minimum atomic E-state index is -0.219. The molecule has 2 aliphatic rings. The van der Waals surface area contributed by atoms with Crippen LogP contribution in [-0.4, -0.2) is 64.8 Å². The van der Waals surface area contributed by atoms with E-state index in [0.29, 0.717) is 44.2 Å². The first-order chi connectivity index (χ1) is 17.4. The van der Waals surface area contributed by atoms with Crippen molar-refractivity contribution in [3.05, 3.63) is 69.8 Å². The predicted octanol–water partition coefficient (Wildman–Crippen LogP) is 5.76. The second-order valence-electron chi connectivity index (χ2n) is 9.31. The number of thioether (sulfide) groups is 1. The molecule has 0 saturated carbocycles. The number of likely N-dealkylation sites (N-methyl/N-ethyl adjacent to an activating group) is 1. The van der Waals surface area contributed by atoms with Crippen LogP contribution in [0.25, 0.3) is 0 Å². The number of amides is 1. The molecule has 5 rings (SSSR count). The van der Waals surface area contributed by atoms with Crippen LogP contribution in [0.1, 0.15) is 28.8 Å². The van der Waals surface area contributed by atoms with Gasteiger partial charge < -0.3 is 10.2 Å². The van der Waals surface area contributed by atoms with Crippen LogP contribution in [0.2, 0.25) is 10.0 Å². The molecule has 188 valence electrons. The summed E-state index contributed by atoms with van der Waals surface area (Å²) in [6.07, 6.45) is 4.06. The minimum Gasteiger partial charge on any atom is -0.324 e. The highest BCUT2D eigenvalue weighted by atomic mass is 35.5. The fraction of sp³-hybridized carbons (Fsp3) is 0.346. The molecule has 1 N–H and O–H groups in total. The zero-order valence-electron chi connectivity index (χ0n) is 20.2. The van der Waals surface area contributed by atoms with E-state index in [1.807, 2.05) is 12.1 Å². The number of carbonyl (C=O) groups excluding carboxylic acids is 1. The van der Waals surface area contributed by atoms with Gasteiger partial charge in [0, 0.05) is 31.0 Å². The highest BCUT2D eigenvalue weighted by Crippen LogP contribution is 2.39. The van der Waals surface area contributed by atoms with Crippen LogP contribution < -0.4 is 10.2 Å². The van der Waals surface area contributed by atoms with Crippen LogP contribution in [0.3, 0.4) is 0 Å². The third-order valence-corrected chi connectivity index (χ3v) is 8.18. The monoisotopic (exact) mass is 542 g/mol. The lowest BCUT2D eigenvalue weighted by Crippen LogP contribution is -2.44. The Bertz CT molecular complexity index is 1240. The number of nitrogens with zero attached hydrogens (tertiary/aromatic N) is 5. The maximum atomic E-state index is 13.1. The highest BCUT2D eigenvalue weighted by molar-refractivity contribution is 7.99. The van der Waals surface area contributed by atoms with Gasteiger partial charge in [-0.2, -0.15) is 0 Å². The molecule has 0 radical (unpaired) electrons. The quantitative estimate of drug-likeness (QED) is 0.397. The van der Waals surface area contributed by atoms with Crippen LogP contribution in [0.15, 0.2) is 53.7 Å². The standard InChI is InChI=1S/C26H28Cl2N6OS/c1-32(2)19-5-4-12-33(15-19)14-17-8-10-18(11-9-17)30-26-29-13-20-24(31-26)36-16-34(25(20)35)23-21(27)6-3-7-22(23)28/h3,6-11,13,19H,4-5,12,14-16H2,1-2H3,(H,29,30,31). The van der Waals surface area contributed by atoms with Crippen molar-refractivity contribution in [2.75, 3.05) is 43.3 Å². The van der Waals surface area contributed by atoms with E-state index in [1.54, 1.807) is 29.3 Å². The van der Waals surface area contributed by atoms with Gasteiger partial charge in [0.1, 0.15) is 5.03 Å². The second-order valence-corrected chi connectivity index (χ2v) is 11.1. The van der Waals surface area contributed by atoms with E-state index in [0.717, 1.165) is 25.3 Å². The normalized spacial score (nSPS) is 18.4. The Morgan fingerprint density at radius 3 is 2.61 bits per heavy atom. The zero-order chi connectivity index (χ0) is 25.2. The van der Waals surface area contributed by atoms with Crippen molar-refractivity contribution < 1.29 is 4.79 Å². The Balaban J connectivity index is 1.24. The second kappa shape index (κ2) is 10.9. The highest BCUT2D eigenvalue weighted by Gasteiger charge is 2.30. The molecule has 36 heavy (non-hydrogen) atoms. The number of carbonyl (C=O) groups is 1. The van der Waals surface area contributed by atoms with E-state index in [4.69, 9.17) is 23.2 Å². The van der Waals surface area contributed by atoms with E-state index in [2.05, 4.69) is 51.3 Å². The van der Waals surface area contributed by atoms with Crippen molar-refractivity contribution in [1.82, 2.24) is 19.8 Å². The Labute approximate surface area is 225 Å². The number of nitrogens with one attached hydrogen (secondary N) is 1. The SMILES string of the molecule is CN(C)C1CCCN(Cc2ccc(Nc3ncc4c(n3)SCN(c3c(Cl)cccc3Cl)C4=O)cc2)C1. The average molecular weight is 544 g/mol. The Morgan fingerprint density at radius 2 is 1.89 bits per heavy atom. The molecule has 7 nitrogen and oxygen atoms in total. The van der Waals surface area contributed by atoms with E-state index in [1.165, 1.54) is 30.2 Å². The van der Waals surface area contributed by atoms with Gasteiger partial charge in [-0.1, -0.05) is 53.2 Å². The molecular weight excluding hydrogens is 515 g/mol. The third kappa shape index (κ3) is 5.48. The van der Waals surface area contributed by atoms with Crippen molar-refractivity contribution in [2.45, 2.75) is 30.5 Å². The lowest BCUT2D eigenvalue weighted by molar-refractivity contribution is 0.0985. The van der Waals surface area contributed by atoms with Gasteiger partial charge in [-0.25, -0.2) is 9.97 Å². The summed E-state index contributed by atoms with van der Waals surface area (Å²) in [5.74, 6) is 0.603. The number of halogens is 2.